The third kappa shape index (κ3) is 3.08. The van der Waals surface area contributed by atoms with E-state index in [0.29, 0.717) is 0 Å². The summed E-state index contributed by atoms with van der Waals surface area (Å²) >= 11 is 3.57. The highest BCUT2D eigenvalue weighted by Gasteiger charge is 2.23. The van der Waals surface area contributed by atoms with E-state index >= 15 is 0 Å². The molecule has 1 aromatic rings. The molecule has 1 aromatic carbocycles. The van der Waals surface area contributed by atoms with Gasteiger partial charge >= 0.3 is 0 Å². The fourth-order valence-electron chi connectivity index (χ4n) is 1.49. The van der Waals surface area contributed by atoms with Crippen molar-refractivity contribution in [1.29, 1.82) is 0 Å². The van der Waals surface area contributed by atoms with Crippen LogP contribution >= 0.6 is 15.9 Å². The third-order valence-electron chi connectivity index (χ3n) is 2.97. The predicted octanol–water partition coefficient (Wildman–Crippen LogP) is 4.63. The Bertz CT molecular complexity index is 375. The molecule has 0 fully saturated rings. The van der Waals surface area contributed by atoms with Gasteiger partial charge in [-0.1, -0.05) is 42.8 Å². The lowest BCUT2D eigenvalue weighted by atomic mass is 9.84. The maximum atomic E-state index is 5.53. The average molecular weight is 285 g/mol. The highest BCUT2D eigenvalue weighted by Crippen LogP contribution is 2.32. The number of halogens is 1. The van der Waals surface area contributed by atoms with E-state index in [1.54, 1.807) is 7.11 Å². The second kappa shape index (κ2) is 4.50. The van der Waals surface area contributed by atoms with Gasteiger partial charge in [-0.2, -0.15) is 0 Å². The van der Waals surface area contributed by atoms with Crippen molar-refractivity contribution in [2.45, 2.75) is 45.6 Å². The van der Waals surface area contributed by atoms with Crippen LogP contribution in [-0.2, 0) is 15.8 Å². The molecule has 0 aliphatic heterocycles. The minimum atomic E-state index is -0.246. The molecule has 0 atom stereocenters. The van der Waals surface area contributed by atoms with Crippen LogP contribution in [0.25, 0.3) is 0 Å². The Labute approximate surface area is 107 Å². The molecular formula is C14H21BrO. The largest absolute Gasteiger partial charge is 0.374 e. The van der Waals surface area contributed by atoms with Crippen molar-refractivity contribution in [1.82, 2.24) is 0 Å². The third-order valence-corrected chi connectivity index (χ3v) is 3.43. The average Bonchev–Trinajstić information content (AvgIpc) is 2.15. The van der Waals surface area contributed by atoms with Gasteiger partial charge in [0.2, 0.25) is 0 Å². The molecule has 0 spiro atoms. The molecule has 0 radical (unpaired) electrons. The smallest absolute Gasteiger partial charge is 0.0872 e. The van der Waals surface area contributed by atoms with Gasteiger partial charge in [-0.3, -0.25) is 0 Å². The van der Waals surface area contributed by atoms with E-state index in [4.69, 9.17) is 4.74 Å². The fourth-order valence-corrected chi connectivity index (χ4v) is 1.98. The number of hydrogen-bond donors (Lipinski definition) is 0. The second-order valence-electron chi connectivity index (χ2n) is 5.69. The first-order valence-corrected chi connectivity index (χ1v) is 6.33. The molecule has 1 nitrogen and oxygen atoms in total. The highest BCUT2D eigenvalue weighted by atomic mass is 79.9. The lowest BCUT2D eigenvalue weighted by Gasteiger charge is -2.27. The molecule has 1 rings (SSSR count). The van der Waals surface area contributed by atoms with Gasteiger partial charge in [-0.15, -0.1) is 0 Å². The molecule has 0 unspecified atom stereocenters. The van der Waals surface area contributed by atoms with Gasteiger partial charge in [0.1, 0.15) is 0 Å². The molecule has 0 aliphatic carbocycles. The highest BCUT2D eigenvalue weighted by molar-refractivity contribution is 9.10. The molecule has 0 aromatic heterocycles. The van der Waals surface area contributed by atoms with E-state index in [2.05, 4.69) is 68.7 Å². The zero-order chi connectivity index (χ0) is 12.6. The monoisotopic (exact) mass is 284 g/mol. The van der Waals surface area contributed by atoms with Crippen molar-refractivity contribution in [2.24, 2.45) is 0 Å². The van der Waals surface area contributed by atoms with Crippen LogP contribution in [0.3, 0.4) is 0 Å². The summed E-state index contributed by atoms with van der Waals surface area (Å²) in [5.41, 5.74) is 2.43. The first-order chi connectivity index (χ1) is 7.16. The van der Waals surface area contributed by atoms with Gasteiger partial charge < -0.3 is 4.74 Å². The van der Waals surface area contributed by atoms with Gasteiger partial charge in [0, 0.05) is 11.6 Å². The van der Waals surface area contributed by atoms with Crippen LogP contribution in [0.2, 0.25) is 0 Å². The van der Waals surface area contributed by atoms with E-state index < -0.39 is 0 Å². The SMILES string of the molecule is COC(C)(C)c1cc(Br)cc(C(C)(C)C)c1. The molecule has 2 heteroatoms. The van der Waals surface area contributed by atoms with E-state index in [1.165, 1.54) is 11.1 Å². The van der Waals surface area contributed by atoms with Crippen LogP contribution in [0.4, 0.5) is 0 Å². The van der Waals surface area contributed by atoms with Gasteiger partial charge in [0.15, 0.2) is 0 Å². The lowest BCUT2D eigenvalue weighted by Crippen LogP contribution is -2.21. The number of hydrogen-bond acceptors (Lipinski definition) is 1. The molecule has 0 aliphatic rings. The van der Waals surface area contributed by atoms with Crippen molar-refractivity contribution in [2.75, 3.05) is 7.11 Å². The van der Waals surface area contributed by atoms with Crippen LogP contribution in [0.5, 0.6) is 0 Å². The fraction of sp³-hybridized carbons (Fsp3) is 0.571. The first kappa shape index (κ1) is 13.7. The second-order valence-corrected chi connectivity index (χ2v) is 6.61. The molecule has 0 saturated heterocycles. The van der Waals surface area contributed by atoms with E-state index in [1.807, 2.05) is 0 Å². The number of methoxy groups -OCH3 is 1. The van der Waals surface area contributed by atoms with Gasteiger partial charge in [-0.25, -0.2) is 0 Å². The van der Waals surface area contributed by atoms with Crippen molar-refractivity contribution in [3.63, 3.8) is 0 Å². The summed E-state index contributed by atoms with van der Waals surface area (Å²) in [4.78, 5) is 0. The lowest BCUT2D eigenvalue weighted by molar-refractivity contribution is 0.0191. The van der Waals surface area contributed by atoms with Crippen LogP contribution < -0.4 is 0 Å². The minimum absolute atomic E-state index is 0.155. The zero-order valence-corrected chi connectivity index (χ0v) is 12.6. The quantitative estimate of drug-likeness (QED) is 0.770. The summed E-state index contributed by atoms with van der Waals surface area (Å²) in [7, 11) is 1.75. The Morgan fingerprint density at radius 2 is 1.44 bits per heavy atom. The molecule has 0 heterocycles. The standard InChI is InChI=1S/C14H21BrO/c1-13(2,3)10-7-11(9-12(15)8-10)14(4,5)16-6/h7-9H,1-6H3. The Balaban J connectivity index is 3.29. The molecule has 0 N–H and O–H groups in total. The van der Waals surface area contributed by atoms with Crippen molar-refractivity contribution in [3.05, 3.63) is 33.8 Å². The van der Waals surface area contributed by atoms with Gasteiger partial charge in [0.05, 0.1) is 5.60 Å². The Kier molecular flexibility index (Phi) is 3.86. The normalized spacial score (nSPS) is 12.9. The summed E-state index contributed by atoms with van der Waals surface area (Å²) in [6, 6.07) is 6.53. The summed E-state index contributed by atoms with van der Waals surface area (Å²) < 4.78 is 6.64. The molecule has 16 heavy (non-hydrogen) atoms. The molecule has 0 saturated carbocycles. The Morgan fingerprint density at radius 1 is 0.938 bits per heavy atom. The summed E-state index contributed by atoms with van der Waals surface area (Å²) in [5.74, 6) is 0. The summed E-state index contributed by atoms with van der Waals surface area (Å²) in [6.45, 7) is 10.8. The first-order valence-electron chi connectivity index (χ1n) is 5.53. The Morgan fingerprint density at radius 3 is 1.88 bits per heavy atom. The van der Waals surface area contributed by atoms with Gasteiger partial charge in [0.25, 0.3) is 0 Å². The van der Waals surface area contributed by atoms with Crippen LogP contribution in [0.1, 0.15) is 45.7 Å². The zero-order valence-electron chi connectivity index (χ0n) is 11.0. The number of ether oxygens (including phenoxy) is 1. The Hall–Kier alpha value is -0.340. The summed E-state index contributed by atoms with van der Waals surface area (Å²) in [5, 5.41) is 0. The number of rotatable bonds is 2. The molecular weight excluding hydrogens is 264 g/mol. The maximum absolute atomic E-state index is 5.53. The van der Waals surface area contributed by atoms with E-state index in [-0.39, 0.29) is 11.0 Å². The minimum Gasteiger partial charge on any atom is -0.374 e. The van der Waals surface area contributed by atoms with E-state index in [9.17, 15) is 0 Å². The maximum Gasteiger partial charge on any atom is 0.0872 e. The molecule has 0 amide bonds. The van der Waals surface area contributed by atoms with E-state index in [0.717, 1.165) is 4.47 Å². The van der Waals surface area contributed by atoms with Crippen LogP contribution in [0, 0.1) is 0 Å². The van der Waals surface area contributed by atoms with Crippen molar-refractivity contribution in [3.8, 4) is 0 Å². The molecule has 90 valence electrons. The number of benzene rings is 1. The summed E-state index contributed by atoms with van der Waals surface area (Å²) in [6.07, 6.45) is 0. The van der Waals surface area contributed by atoms with Crippen LogP contribution in [-0.4, -0.2) is 7.11 Å². The molecule has 0 bridgehead atoms. The predicted molar refractivity (Wildman–Crippen MR) is 72.9 cm³/mol. The van der Waals surface area contributed by atoms with Crippen molar-refractivity contribution < 1.29 is 4.74 Å². The topological polar surface area (TPSA) is 9.23 Å². The van der Waals surface area contributed by atoms with Crippen LogP contribution in [0.15, 0.2) is 22.7 Å². The van der Waals surface area contributed by atoms with Crippen molar-refractivity contribution >= 4 is 15.9 Å². The van der Waals surface area contributed by atoms with Gasteiger partial charge in [-0.05, 0) is 42.5 Å².